The lowest BCUT2D eigenvalue weighted by atomic mass is 10.1. The zero-order valence-electron chi connectivity index (χ0n) is 15.3. The monoisotopic (exact) mass is 393 g/mol. The summed E-state index contributed by atoms with van der Waals surface area (Å²) in [5.74, 6) is -0.806. The van der Waals surface area contributed by atoms with Crippen molar-refractivity contribution in [2.45, 2.75) is 13.1 Å². The first-order valence-electron chi connectivity index (χ1n) is 8.90. The Kier molecular flexibility index (Phi) is 6.82. The molecule has 0 radical (unpaired) electrons. The third kappa shape index (κ3) is 5.69. The van der Waals surface area contributed by atoms with E-state index in [4.69, 9.17) is 16.3 Å². The van der Waals surface area contributed by atoms with Crippen LogP contribution in [0.25, 0.3) is 0 Å². The van der Waals surface area contributed by atoms with Crippen molar-refractivity contribution >= 4 is 23.5 Å². The molecule has 0 aliphatic rings. The highest BCUT2D eigenvalue weighted by Crippen LogP contribution is 2.13. The second-order valence-corrected chi connectivity index (χ2v) is 6.74. The van der Waals surface area contributed by atoms with Gasteiger partial charge in [-0.05, 0) is 35.4 Å². The van der Waals surface area contributed by atoms with Gasteiger partial charge in [0.2, 0.25) is 0 Å². The lowest BCUT2D eigenvalue weighted by Gasteiger charge is -2.23. The van der Waals surface area contributed by atoms with E-state index in [1.165, 1.54) is 0 Å². The lowest BCUT2D eigenvalue weighted by molar-refractivity contribution is -0.135. The van der Waals surface area contributed by atoms with Crippen LogP contribution < -0.4 is 0 Å². The first-order valence-corrected chi connectivity index (χ1v) is 9.28. The van der Waals surface area contributed by atoms with Crippen molar-refractivity contribution in [3.63, 3.8) is 0 Å². The van der Waals surface area contributed by atoms with Crippen LogP contribution in [-0.2, 0) is 22.6 Å². The number of halogens is 1. The number of carbonyl (C=O) groups excluding carboxylic acids is 2. The number of carbonyl (C=O) groups is 2. The predicted octanol–water partition coefficient (Wildman–Crippen LogP) is 4.73. The van der Waals surface area contributed by atoms with Crippen LogP contribution in [0.1, 0.15) is 21.5 Å². The molecule has 0 unspecified atom stereocenters. The number of ether oxygens (including phenoxy) is 1. The number of amides is 1. The summed E-state index contributed by atoms with van der Waals surface area (Å²) in [6.07, 6.45) is 0. The fraction of sp³-hybridized carbons (Fsp3) is 0.130. The maximum absolute atomic E-state index is 12.8. The summed E-state index contributed by atoms with van der Waals surface area (Å²) in [6, 6.07) is 25.8. The van der Waals surface area contributed by atoms with Crippen LogP contribution in [0.15, 0.2) is 84.9 Å². The molecule has 4 nitrogen and oxygen atoms in total. The Morgan fingerprint density at radius 2 is 1.25 bits per heavy atom. The van der Waals surface area contributed by atoms with Crippen molar-refractivity contribution in [1.82, 2.24) is 4.90 Å². The van der Waals surface area contributed by atoms with Gasteiger partial charge in [0.15, 0.2) is 6.61 Å². The molecule has 5 heteroatoms. The molecular formula is C23H20ClNO3. The van der Waals surface area contributed by atoms with Gasteiger partial charge in [-0.2, -0.15) is 0 Å². The molecule has 0 aliphatic carbocycles. The first-order chi connectivity index (χ1) is 13.6. The minimum Gasteiger partial charge on any atom is -0.452 e. The fourth-order valence-electron chi connectivity index (χ4n) is 2.73. The molecular weight excluding hydrogens is 374 g/mol. The minimum atomic E-state index is -0.551. The average molecular weight is 394 g/mol. The first kappa shape index (κ1) is 19.6. The molecule has 0 spiro atoms. The van der Waals surface area contributed by atoms with Crippen LogP contribution in [0.5, 0.6) is 0 Å². The average Bonchev–Trinajstić information content (AvgIpc) is 2.73. The highest BCUT2D eigenvalue weighted by Gasteiger charge is 2.17. The summed E-state index contributed by atoms with van der Waals surface area (Å²) in [7, 11) is 0. The Balaban J connectivity index is 1.66. The highest BCUT2D eigenvalue weighted by atomic mass is 35.5. The van der Waals surface area contributed by atoms with Crippen molar-refractivity contribution in [2.24, 2.45) is 0 Å². The lowest BCUT2D eigenvalue weighted by Crippen LogP contribution is -2.33. The maximum Gasteiger partial charge on any atom is 0.338 e. The zero-order chi connectivity index (χ0) is 19.8. The molecule has 0 bridgehead atoms. The van der Waals surface area contributed by atoms with E-state index in [0.717, 1.165) is 11.1 Å². The molecule has 142 valence electrons. The number of benzene rings is 3. The second-order valence-electron chi connectivity index (χ2n) is 6.30. The quantitative estimate of drug-likeness (QED) is 0.545. The van der Waals surface area contributed by atoms with Crippen molar-refractivity contribution < 1.29 is 14.3 Å². The highest BCUT2D eigenvalue weighted by molar-refractivity contribution is 6.30. The van der Waals surface area contributed by atoms with Crippen molar-refractivity contribution in [3.8, 4) is 0 Å². The molecule has 3 aromatic carbocycles. The summed E-state index contributed by atoms with van der Waals surface area (Å²) in [5, 5.41) is 0.532. The van der Waals surface area contributed by atoms with E-state index in [1.807, 2.05) is 60.7 Å². The van der Waals surface area contributed by atoms with Gasteiger partial charge >= 0.3 is 5.97 Å². The van der Waals surface area contributed by atoms with Gasteiger partial charge in [-0.3, -0.25) is 4.79 Å². The van der Waals surface area contributed by atoms with Gasteiger partial charge in [0.05, 0.1) is 5.56 Å². The molecule has 0 N–H and O–H groups in total. The van der Waals surface area contributed by atoms with Crippen LogP contribution in [0, 0.1) is 0 Å². The summed E-state index contributed by atoms with van der Waals surface area (Å²) in [4.78, 5) is 26.6. The Hall–Kier alpha value is -3.11. The van der Waals surface area contributed by atoms with Gasteiger partial charge in [-0.15, -0.1) is 0 Å². The molecule has 0 saturated carbocycles. The van der Waals surface area contributed by atoms with Crippen molar-refractivity contribution in [1.29, 1.82) is 0 Å². The van der Waals surface area contributed by atoms with Crippen LogP contribution in [0.3, 0.4) is 0 Å². The van der Waals surface area contributed by atoms with Crippen molar-refractivity contribution in [3.05, 3.63) is 107 Å². The summed E-state index contributed by atoms with van der Waals surface area (Å²) < 4.78 is 5.21. The molecule has 0 aromatic heterocycles. The maximum atomic E-state index is 12.8. The summed E-state index contributed by atoms with van der Waals surface area (Å²) in [6.45, 7) is 0.557. The number of rotatable bonds is 7. The Morgan fingerprint density at radius 1 is 0.750 bits per heavy atom. The molecule has 0 aliphatic heterocycles. The van der Waals surface area contributed by atoms with Crippen LogP contribution in [-0.4, -0.2) is 23.4 Å². The summed E-state index contributed by atoms with van der Waals surface area (Å²) in [5.41, 5.74) is 2.38. The summed E-state index contributed by atoms with van der Waals surface area (Å²) >= 11 is 5.83. The second kappa shape index (κ2) is 9.72. The Morgan fingerprint density at radius 3 is 1.75 bits per heavy atom. The molecule has 0 saturated heterocycles. The minimum absolute atomic E-state index is 0.255. The third-order valence-corrected chi connectivity index (χ3v) is 4.44. The molecule has 0 atom stereocenters. The van der Waals surface area contributed by atoms with E-state index >= 15 is 0 Å². The van der Waals surface area contributed by atoms with Gasteiger partial charge in [-0.1, -0.05) is 72.3 Å². The van der Waals surface area contributed by atoms with E-state index < -0.39 is 5.97 Å². The number of nitrogens with zero attached hydrogens (tertiary/aromatic N) is 1. The molecule has 3 aromatic rings. The van der Waals surface area contributed by atoms with E-state index in [1.54, 1.807) is 29.2 Å². The van der Waals surface area contributed by atoms with Gasteiger partial charge < -0.3 is 9.64 Å². The van der Waals surface area contributed by atoms with E-state index in [9.17, 15) is 9.59 Å². The normalized spacial score (nSPS) is 10.3. The van der Waals surface area contributed by atoms with Gasteiger partial charge in [0.25, 0.3) is 5.91 Å². The van der Waals surface area contributed by atoms with Crippen LogP contribution >= 0.6 is 11.6 Å². The Labute approximate surface area is 169 Å². The molecule has 0 fully saturated rings. The predicted molar refractivity (Wildman–Crippen MR) is 109 cm³/mol. The van der Waals surface area contributed by atoms with E-state index in [-0.39, 0.29) is 12.5 Å². The SMILES string of the molecule is O=C(OCC(=O)N(Cc1ccccc1)Cc1ccccc1)c1ccc(Cl)cc1. The Bertz CT molecular complexity index is 870. The van der Waals surface area contributed by atoms with Gasteiger partial charge in [-0.25, -0.2) is 4.79 Å². The van der Waals surface area contributed by atoms with E-state index in [0.29, 0.717) is 23.7 Å². The fourth-order valence-corrected chi connectivity index (χ4v) is 2.85. The van der Waals surface area contributed by atoms with Gasteiger partial charge in [0.1, 0.15) is 0 Å². The van der Waals surface area contributed by atoms with Crippen LogP contribution in [0.4, 0.5) is 0 Å². The third-order valence-electron chi connectivity index (χ3n) is 4.19. The standard InChI is InChI=1S/C23H20ClNO3/c24-21-13-11-20(12-14-21)23(27)28-17-22(26)25(15-18-7-3-1-4-8-18)16-19-9-5-2-6-10-19/h1-14H,15-17H2. The van der Waals surface area contributed by atoms with Crippen LogP contribution in [0.2, 0.25) is 5.02 Å². The molecule has 1 amide bonds. The smallest absolute Gasteiger partial charge is 0.338 e. The largest absolute Gasteiger partial charge is 0.452 e. The van der Waals surface area contributed by atoms with Crippen molar-refractivity contribution in [2.75, 3.05) is 6.61 Å². The number of hydrogen-bond acceptors (Lipinski definition) is 3. The van der Waals surface area contributed by atoms with Gasteiger partial charge in [0, 0.05) is 18.1 Å². The van der Waals surface area contributed by atoms with E-state index in [2.05, 4.69) is 0 Å². The molecule has 3 rings (SSSR count). The molecule has 28 heavy (non-hydrogen) atoms. The zero-order valence-corrected chi connectivity index (χ0v) is 16.0. The number of esters is 1. The number of hydrogen-bond donors (Lipinski definition) is 0. The topological polar surface area (TPSA) is 46.6 Å². The molecule has 0 heterocycles.